The summed E-state index contributed by atoms with van der Waals surface area (Å²) in [7, 11) is 3.18. The predicted octanol–water partition coefficient (Wildman–Crippen LogP) is 3.42. The second-order valence-corrected chi connectivity index (χ2v) is 5.91. The fourth-order valence-corrected chi connectivity index (χ4v) is 2.79. The Morgan fingerprint density at radius 2 is 1.83 bits per heavy atom. The highest BCUT2D eigenvalue weighted by atomic mass is 35.5. The molecule has 0 aliphatic heterocycles. The maximum absolute atomic E-state index is 12.7. The molecule has 0 aliphatic carbocycles. The van der Waals surface area contributed by atoms with Crippen LogP contribution in [0.25, 0.3) is 10.9 Å². The van der Waals surface area contributed by atoms with Gasteiger partial charge in [-0.2, -0.15) is 0 Å². The Kier molecular flexibility index (Phi) is 4.44. The third kappa shape index (κ3) is 2.95. The minimum atomic E-state index is -0.128. The number of aromatic nitrogens is 2. The van der Waals surface area contributed by atoms with E-state index in [0.29, 0.717) is 34.0 Å². The van der Waals surface area contributed by atoms with Crippen LogP contribution in [-0.2, 0) is 6.54 Å². The van der Waals surface area contributed by atoms with Gasteiger partial charge in [-0.05, 0) is 48.4 Å². The quantitative estimate of drug-likeness (QED) is 0.727. The molecule has 2 aromatic carbocycles. The molecule has 0 saturated carbocycles. The van der Waals surface area contributed by atoms with Gasteiger partial charge >= 0.3 is 0 Å². The van der Waals surface area contributed by atoms with Crippen LogP contribution in [0.4, 0.5) is 0 Å². The van der Waals surface area contributed by atoms with Crippen molar-refractivity contribution in [1.29, 1.82) is 0 Å². The van der Waals surface area contributed by atoms with E-state index >= 15 is 0 Å². The first kappa shape index (κ1) is 16.3. The van der Waals surface area contributed by atoms with Crippen LogP contribution in [-0.4, -0.2) is 23.8 Å². The van der Waals surface area contributed by atoms with Crippen LogP contribution in [0.5, 0.6) is 11.5 Å². The van der Waals surface area contributed by atoms with E-state index in [1.165, 1.54) is 0 Å². The molecule has 0 saturated heterocycles. The SMILES string of the molecule is COc1cc(C)c(Cn2cnc3ccc(Cl)cc3c2=O)cc1OC. The lowest BCUT2D eigenvalue weighted by molar-refractivity contribution is 0.354. The molecule has 0 bridgehead atoms. The summed E-state index contributed by atoms with van der Waals surface area (Å²) in [6.45, 7) is 2.36. The van der Waals surface area contributed by atoms with Gasteiger partial charge in [-0.1, -0.05) is 11.6 Å². The Balaban J connectivity index is 2.07. The molecule has 0 radical (unpaired) electrons. The summed E-state index contributed by atoms with van der Waals surface area (Å²) < 4.78 is 12.2. The second-order valence-electron chi connectivity index (χ2n) is 5.47. The Labute approximate surface area is 144 Å². The monoisotopic (exact) mass is 344 g/mol. The van der Waals surface area contributed by atoms with E-state index < -0.39 is 0 Å². The number of benzene rings is 2. The van der Waals surface area contributed by atoms with Crippen LogP contribution >= 0.6 is 11.6 Å². The molecule has 1 heterocycles. The molecule has 0 N–H and O–H groups in total. The Hall–Kier alpha value is -2.53. The normalized spacial score (nSPS) is 10.8. The summed E-state index contributed by atoms with van der Waals surface area (Å²) >= 11 is 6.00. The van der Waals surface area contributed by atoms with Crippen molar-refractivity contribution in [2.45, 2.75) is 13.5 Å². The number of methoxy groups -OCH3 is 2. The average molecular weight is 345 g/mol. The highest BCUT2D eigenvalue weighted by Crippen LogP contribution is 2.30. The second kappa shape index (κ2) is 6.53. The van der Waals surface area contributed by atoms with Gasteiger partial charge in [0.2, 0.25) is 0 Å². The van der Waals surface area contributed by atoms with Gasteiger partial charge in [0.05, 0.1) is 38.0 Å². The van der Waals surface area contributed by atoms with Gasteiger partial charge in [0.1, 0.15) is 0 Å². The molecule has 0 atom stereocenters. The van der Waals surface area contributed by atoms with Crippen molar-refractivity contribution in [3.8, 4) is 11.5 Å². The molecule has 124 valence electrons. The molecular weight excluding hydrogens is 328 g/mol. The van der Waals surface area contributed by atoms with E-state index in [1.807, 2.05) is 19.1 Å². The lowest BCUT2D eigenvalue weighted by Crippen LogP contribution is -2.21. The van der Waals surface area contributed by atoms with Crippen LogP contribution in [0.1, 0.15) is 11.1 Å². The van der Waals surface area contributed by atoms with Gasteiger partial charge in [0, 0.05) is 5.02 Å². The molecule has 0 spiro atoms. The standard InChI is InChI=1S/C18H17ClN2O3/c1-11-6-16(23-2)17(24-3)7-12(11)9-21-10-20-15-5-4-13(19)8-14(15)18(21)22/h4-8,10H,9H2,1-3H3. The number of aryl methyl sites for hydroxylation is 1. The predicted molar refractivity (Wildman–Crippen MR) is 94.4 cm³/mol. The van der Waals surface area contributed by atoms with E-state index in [4.69, 9.17) is 21.1 Å². The van der Waals surface area contributed by atoms with E-state index in [1.54, 1.807) is 43.3 Å². The first-order valence-electron chi connectivity index (χ1n) is 7.39. The summed E-state index contributed by atoms with van der Waals surface area (Å²) in [6, 6.07) is 8.88. The van der Waals surface area contributed by atoms with Gasteiger partial charge in [-0.3, -0.25) is 9.36 Å². The van der Waals surface area contributed by atoms with E-state index in [0.717, 1.165) is 11.1 Å². The van der Waals surface area contributed by atoms with Crippen LogP contribution in [0.2, 0.25) is 5.02 Å². The highest BCUT2D eigenvalue weighted by Gasteiger charge is 2.11. The molecule has 1 aromatic heterocycles. The number of fused-ring (bicyclic) bond motifs is 1. The zero-order chi connectivity index (χ0) is 17.3. The Bertz CT molecular complexity index is 966. The maximum atomic E-state index is 12.7. The number of nitrogens with zero attached hydrogens (tertiary/aromatic N) is 2. The zero-order valence-corrected chi connectivity index (χ0v) is 14.4. The lowest BCUT2D eigenvalue weighted by Gasteiger charge is -2.14. The largest absolute Gasteiger partial charge is 0.493 e. The van der Waals surface area contributed by atoms with Gasteiger partial charge < -0.3 is 9.47 Å². The number of hydrogen-bond donors (Lipinski definition) is 0. The van der Waals surface area contributed by atoms with Gasteiger partial charge in [-0.15, -0.1) is 0 Å². The van der Waals surface area contributed by atoms with Gasteiger partial charge in [0.25, 0.3) is 5.56 Å². The molecule has 3 rings (SSSR count). The van der Waals surface area contributed by atoms with E-state index in [-0.39, 0.29) is 5.56 Å². The summed E-state index contributed by atoms with van der Waals surface area (Å²) in [5.74, 6) is 1.29. The third-order valence-corrected chi connectivity index (χ3v) is 4.20. The van der Waals surface area contributed by atoms with Crippen molar-refractivity contribution in [1.82, 2.24) is 9.55 Å². The van der Waals surface area contributed by atoms with Crippen molar-refractivity contribution < 1.29 is 9.47 Å². The summed E-state index contributed by atoms with van der Waals surface area (Å²) in [5, 5.41) is 1.02. The maximum Gasteiger partial charge on any atom is 0.261 e. The first-order chi connectivity index (χ1) is 11.5. The van der Waals surface area contributed by atoms with Gasteiger partial charge in [0.15, 0.2) is 11.5 Å². The molecule has 24 heavy (non-hydrogen) atoms. The topological polar surface area (TPSA) is 53.4 Å². The molecule has 6 heteroatoms. The summed E-state index contributed by atoms with van der Waals surface area (Å²) in [4.78, 5) is 17.0. The lowest BCUT2D eigenvalue weighted by atomic mass is 10.1. The Morgan fingerprint density at radius 1 is 1.12 bits per heavy atom. The number of hydrogen-bond acceptors (Lipinski definition) is 4. The summed E-state index contributed by atoms with van der Waals surface area (Å²) in [5.41, 5.74) is 2.46. The fourth-order valence-electron chi connectivity index (χ4n) is 2.62. The van der Waals surface area contributed by atoms with Crippen molar-refractivity contribution in [3.05, 3.63) is 63.2 Å². The van der Waals surface area contributed by atoms with Crippen LogP contribution in [0, 0.1) is 6.92 Å². The molecule has 3 aromatic rings. The van der Waals surface area contributed by atoms with Crippen molar-refractivity contribution in [3.63, 3.8) is 0 Å². The molecule has 0 amide bonds. The van der Waals surface area contributed by atoms with Crippen LogP contribution in [0.3, 0.4) is 0 Å². The summed E-state index contributed by atoms with van der Waals surface area (Å²) in [6.07, 6.45) is 1.55. The smallest absolute Gasteiger partial charge is 0.261 e. The number of rotatable bonds is 4. The zero-order valence-electron chi connectivity index (χ0n) is 13.7. The molecule has 0 aliphatic rings. The van der Waals surface area contributed by atoms with Gasteiger partial charge in [-0.25, -0.2) is 4.98 Å². The van der Waals surface area contributed by atoms with Crippen LogP contribution < -0.4 is 15.0 Å². The van der Waals surface area contributed by atoms with Crippen molar-refractivity contribution in [2.24, 2.45) is 0 Å². The third-order valence-electron chi connectivity index (χ3n) is 3.97. The molecule has 0 unspecified atom stereocenters. The van der Waals surface area contributed by atoms with E-state index in [9.17, 15) is 4.79 Å². The van der Waals surface area contributed by atoms with Crippen molar-refractivity contribution in [2.75, 3.05) is 14.2 Å². The number of ether oxygens (including phenoxy) is 2. The molecule has 5 nitrogen and oxygen atoms in total. The fraction of sp³-hybridized carbons (Fsp3) is 0.222. The van der Waals surface area contributed by atoms with E-state index in [2.05, 4.69) is 4.98 Å². The Morgan fingerprint density at radius 3 is 2.54 bits per heavy atom. The van der Waals surface area contributed by atoms with Crippen molar-refractivity contribution >= 4 is 22.5 Å². The number of halogens is 1. The molecular formula is C18H17ClN2O3. The minimum Gasteiger partial charge on any atom is -0.493 e. The minimum absolute atomic E-state index is 0.128. The van der Waals surface area contributed by atoms with Crippen LogP contribution in [0.15, 0.2) is 41.5 Å². The first-order valence-corrected chi connectivity index (χ1v) is 7.77. The average Bonchev–Trinajstić information content (AvgIpc) is 2.59. The highest BCUT2D eigenvalue weighted by molar-refractivity contribution is 6.31. The molecule has 0 fully saturated rings.